The van der Waals surface area contributed by atoms with E-state index in [9.17, 15) is 39.6 Å². The number of phenols is 1. The number of phenolic OH excluding ortho intramolecular Hbond substituents is 1. The van der Waals surface area contributed by atoms with Crippen molar-refractivity contribution in [1.82, 2.24) is 0 Å². The highest BCUT2D eigenvalue weighted by molar-refractivity contribution is 6.54. The Hall–Kier alpha value is -3.56. The van der Waals surface area contributed by atoms with Crippen LogP contribution in [0.3, 0.4) is 0 Å². The van der Waals surface area contributed by atoms with Crippen LogP contribution in [0, 0.1) is 5.92 Å². The highest BCUT2D eigenvalue weighted by atomic mass is 16.5. The molecule has 4 N–H and O–H groups in total. The number of rotatable bonds is 2. The van der Waals surface area contributed by atoms with E-state index in [2.05, 4.69) is 0 Å². The Balaban J connectivity index is 2.14. The van der Waals surface area contributed by atoms with Gasteiger partial charge in [-0.05, 0) is 41.8 Å². The SMILES string of the molecule is COc1cc(O)c2cc3c(cc2c1)=CC1(O)C(=O)C(=O)C(C(C)=O)C(=O)C1(O)C=3O. The Morgan fingerprint density at radius 1 is 1.07 bits per heavy atom. The van der Waals surface area contributed by atoms with Gasteiger partial charge in [-0.3, -0.25) is 19.2 Å². The van der Waals surface area contributed by atoms with Crippen molar-refractivity contribution >= 4 is 45.7 Å². The first-order valence-electron chi connectivity index (χ1n) is 8.83. The van der Waals surface area contributed by atoms with Gasteiger partial charge < -0.3 is 25.2 Å². The van der Waals surface area contributed by atoms with Crippen LogP contribution in [0.2, 0.25) is 0 Å². The molecule has 9 nitrogen and oxygen atoms in total. The van der Waals surface area contributed by atoms with Crippen molar-refractivity contribution < 1.29 is 44.3 Å². The van der Waals surface area contributed by atoms with Gasteiger partial charge >= 0.3 is 0 Å². The standard InChI is InChI=1S/C21H16O9/c1-8(22)15-16(24)19(27)20(28)7-10-3-9-4-11(30-2)5-14(23)12(9)6-13(10)17(25)21(20,29)18(15)26/h3-7,15,23,25,28-29H,1-2H3. The van der Waals surface area contributed by atoms with E-state index in [1.165, 1.54) is 31.4 Å². The maximum absolute atomic E-state index is 12.8. The average Bonchev–Trinajstić information content (AvgIpc) is 2.69. The zero-order valence-corrected chi connectivity index (χ0v) is 15.8. The smallest absolute Gasteiger partial charge is 0.239 e. The normalized spacial score (nSPS) is 28.1. The molecular weight excluding hydrogens is 396 g/mol. The van der Waals surface area contributed by atoms with E-state index in [1.807, 2.05) is 0 Å². The van der Waals surface area contributed by atoms with Crippen molar-refractivity contribution in [3.05, 3.63) is 34.7 Å². The van der Waals surface area contributed by atoms with Crippen LogP contribution in [0.5, 0.6) is 11.5 Å². The molecule has 0 bridgehead atoms. The molecule has 9 heteroatoms. The summed E-state index contributed by atoms with van der Waals surface area (Å²) in [6.07, 6.45) is 0.798. The summed E-state index contributed by atoms with van der Waals surface area (Å²) < 4.78 is 5.08. The molecule has 3 unspecified atom stereocenters. The molecule has 154 valence electrons. The molecule has 2 aromatic rings. The minimum absolute atomic E-state index is 0.0232. The number of hydrogen-bond acceptors (Lipinski definition) is 9. The number of Topliss-reactive ketones (excluding diaryl/α,β-unsaturated/α-hetero) is 4. The van der Waals surface area contributed by atoms with Crippen molar-refractivity contribution in [3.63, 3.8) is 0 Å². The van der Waals surface area contributed by atoms with Crippen LogP contribution in [0.4, 0.5) is 0 Å². The maximum Gasteiger partial charge on any atom is 0.239 e. The van der Waals surface area contributed by atoms with E-state index in [1.54, 1.807) is 0 Å². The van der Waals surface area contributed by atoms with Gasteiger partial charge in [0, 0.05) is 16.7 Å². The van der Waals surface area contributed by atoms with Crippen LogP contribution in [0.15, 0.2) is 24.3 Å². The lowest BCUT2D eigenvalue weighted by Gasteiger charge is -2.44. The van der Waals surface area contributed by atoms with E-state index < -0.39 is 46.0 Å². The molecule has 0 amide bonds. The molecule has 3 atom stereocenters. The second kappa shape index (κ2) is 5.97. The molecule has 0 heterocycles. The van der Waals surface area contributed by atoms with Crippen LogP contribution >= 0.6 is 0 Å². The van der Waals surface area contributed by atoms with Crippen LogP contribution < -0.4 is 15.2 Å². The molecular formula is C21H16O9. The fourth-order valence-electron chi connectivity index (χ4n) is 4.08. The first kappa shape index (κ1) is 19.7. The van der Waals surface area contributed by atoms with E-state index >= 15 is 0 Å². The number of benzene rings is 2. The fourth-order valence-corrected chi connectivity index (χ4v) is 4.08. The van der Waals surface area contributed by atoms with Gasteiger partial charge in [0.25, 0.3) is 0 Å². The van der Waals surface area contributed by atoms with Gasteiger partial charge in [-0.1, -0.05) is 0 Å². The van der Waals surface area contributed by atoms with E-state index in [-0.39, 0.29) is 21.6 Å². The predicted octanol–water partition coefficient (Wildman–Crippen LogP) is -1.60. The van der Waals surface area contributed by atoms with Crippen molar-refractivity contribution in [2.75, 3.05) is 7.11 Å². The minimum atomic E-state index is -3.24. The highest BCUT2D eigenvalue weighted by Crippen LogP contribution is 2.41. The number of fused-ring (bicyclic) bond motifs is 3. The second-order valence-corrected chi connectivity index (χ2v) is 7.38. The summed E-state index contributed by atoms with van der Waals surface area (Å²) in [5.41, 5.74) is -6.34. The van der Waals surface area contributed by atoms with Crippen molar-refractivity contribution in [2.24, 2.45) is 5.92 Å². The van der Waals surface area contributed by atoms with Crippen LogP contribution in [-0.2, 0) is 19.2 Å². The van der Waals surface area contributed by atoms with E-state index in [0.717, 1.165) is 13.0 Å². The summed E-state index contributed by atoms with van der Waals surface area (Å²) >= 11 is 0. The quantitative estimate of drug-likeness (QED) is 0.337. The molecule has 2 aliphatic carbocycles. The molecule has 0 radical (unpaired) electrons. The van der Waals surface area contributed by atoms with Gasteiger partial charge in [0.15, 0.2) is 11.4 Å². The first-order valence-corrected chi connectivity index (χ1v) is 8.83. The largest absolute Gasteiger partial charge is 0.508 e. The number of ketones is 4. The Bertz CT molecular complexity index is 1320. The third-order valence-electron chi connectivity index (χ3n) is 5.68. The number of aliphatic hydroxyl groups excluding tert-OH is 1. The molecule has 1 saturated carbocycles. The minimum Gasteiger partial charge on any atom is -0.508 e. The lowest BCUT2D eigenvalue weighted by Crippen LogP contribution is -2.74. The molecule has 0 aliphatic heterocycles. The van der Waals surface area contributed by atoms with Gasteiger partial charge in [-0.2, -0.15) is 0 Å². The Labute approximate surface area is 168 Å². The Morgan fingerprint density at radius 3 is 2.33 bits per heavy atom. The number of methoxy groups -OCH3 is 1. The monoisotopic (exact) mass is 412 g/mol. The predicted molar refractivity (Wildman–Crippen MR) is 101 cm³/mol. The molecule has 1 fully saturated rings. The average molecular weight is 412 g/mol. The third-order valence-corrected chi connectivity index (χ3v) is 5.68. The maximum atomic E-state index is 12.8. The fraction of sp³-hybridized carbons (Fsp3) is 0.238. The number of aromatic hydroxyl groups is 1. The Kier molecular flexibility index (Phi) is 3.93. The number of carbonyl (C=O) groups excluding carboxylic acids is 4. The number of aliphatic hydroxyl groups is 3. The molecule has 0 aromatic heterocycles. The molecule has 2 aromatic carbocycles. The lowest BCUT2D eigenvalue weighted by molar-refractivity contribution is -0.178. The summed E-state index contributed by atoms with van der Waals surface area (Å²) in [5, 5.41) is 43.5. The van der Waals surface area contributed by atoms with Crippen LogP contribution in [-0.4, -0.2) is 61.9 Å². The van der Waals surface area contributed by atoms with E-state index in [4.69, 9.17) is 4.74 Å². The van der Waals surface area contributed by atoms with Crippen molar-refractivity contribution in [3.8, 4) is 11.5 Å². The topological polar surface area (TPSA) is 158 Å². The highest BCUT2D eigenvalue weighted by Gasteiger charge is 2.70. The van der Waals surface area contributed by atoms with Gasteiger partial charge in [0.05, 0.1) is 7.11 Å². The van der Waals surface area contributed by atoms with Crippen molar-refractivity contribution in [2.45, 2.75) is 18.1 Å². The van der Waals surface area contributed by atoms with Gasteiger partial charge in [-0.25, -0.2) is 0 Å². The lowest BCUT2D eigenvalue weighted by atomic mass is 9.61. The number of hydrogen-bond donors (Lipinski definition) is 4. The van der Waals surface area contributed by atoms with Crippen LogP contribution in [0.1, 0.15) is 6.92 Å². The second-order valence-electron chi connectivity index (χ2n) is 7.38. The molecule has 30 heavy (non-hydrogen) atoms. The van der Waals surface area contributed by atoms with Crippen molar-refractivity contribution in [1.29, 1.82) is 0 Å². The van der Waals surface area contributed by atoms with Crippen LogP contribution in [0.25, 0.3) is 22.6 Å². The van der Waals surface area contributed by atoms with E-state index in [0.29, 0.717) is 11.1 Å². The third kappa shape index (κ3) is 2.18. The molecule has 4 rings (SSSR count). The zero-order chi connectivity index (χ0) is 22.2. The summed E-state index contributed by atoms with van der Waals surface area (Å²) in [4.78, 5) is 49.6. The Morgan fingerprint density at radius 2 is 1.73 bits per heavy atom. The molecule has 0 saturated heterocycles. The van der Waals surface area contributed by atoms with Gasteiger partial charge in [0.2, 0.25) is 17.2 Å². The number of ether oxygens (including phenoxy) is 1. The molecule has 2 aliphatic rings. The molecule has 0 spiro atoms. The summed E-state index contributed by atoms with van der Waals surface area (Å²) in [6, 6.07) is 5.47. The van der Waals surface area contributed by atoms with Gasteiger partial charge in [0.1, 0.15) is 29.0 Å². The first-order chi connectivity index (χ1) is 14.0. The zero-order valence-electron chi connectivity index (χ0n) is 15.8. The van der Waals surface area contributed by atoms with Gasteiger partial charge in [-0.15, -0.1) is 0 Å². The summed E-state index contributed by atoms with van der Waals surface area (Å²) in [6.45, 7) is 0.887. The summed E-state index contributed by atoms with van der Waals surface area (Å²) in [7, 11) is 1.39. The summed E-state index contributed by atoms with van der Waals surface area (Å²) in [5.74, 6) is -8.72. The number of carbonyl (C=O) groups is 4.